The molecule has 0 bridgehead atoms. The van der Waals surface area contributed by atoms with Crippen molar-refractivity contribution in [3.63, 3.8) is 0 Å². The van der Waals surface area contributed by atoms with Gasteiger partial charge in [0.05, 0.1) is 11.9 Å². The fourth-order valence-electron chi connectivity index (χ4n) is 3.59. The summed E-state index contributed by atoms with van der Waals surface area (Å²) < 4.78 is 0. The Morgan fingerprint density at radius 2 is 1.64 bits per heavy atom. The van der Waals surface area contributed by atoms with Gasteiger partial charge in [-0.1, -0.05) is 41.4 Å². The number of pyridine rings is 1. The number of aromatic nitrogens is 1. The summed E-state index contributed by atoms with van der Waals surface area (Å²) in [5.74, 6) is 0.660. The highest BCUT2D eigenvalue weighted by atomic mass is 35.5. The van der Waals surface area contributed by atoms with E-state index in [2.05, 4.69) is 20.5 Å². The van der Waals surface area contributed by atoms with Crippen LogP contribution in [0.5, 0.6) is 0 Å². The van der Waals surface area contributed by atoms with Crippen molar-refractivity contribution in [2.24, 2.45) is 0 Å². The monoisotopic (exact) mass is 463 g/mol. The van der Waals surface area contributed by atoms with Crippen molar-refractivity contribution in [2.75, 3.05) is 36.4 Å². The number of hydrogen-bond donors (Lipinski definition) is 2. The topological polar surface area (TPSA) is 77.6 Å². The molecule has 3 amide bonds. The summed E-state index contributed by atoms with van der Waals surface area (Å²) in [6, 6.07) is 18.5. The Bertz CT molecular complexity index is 1090. The van der Waals surface area contributed by atoms with Gasteiger partial charge in [-0.05, 0) is 48.9 Å². The normalized spacial score (nSPS) is 13.5. The number of hydrogen-bond acceptors (Lipinski definition) is 4. The van der Waals surface area contributed by atoms with Gasteiger partial charge in [-0.25, -0.2) is 9.78 Å². The van der Waals surface area contributed by atoms with Crippen LogP contribution in [-0.2, 0) is 6.54 Å². The molecule has 1 aromatic heterocycles. The summed E-state index contributed by atoms with van der Waals surface area (Å²) in [6.45, 7) is 5.05. The number of nitrogens with zero attached hydrogens (tertiary/aromatic N) is 3. The molecule has 0 spiro atoms. The predicted octanol–water partition coefficient (Wildman–Crippen LogP) is 4.33. The first-order valence-corrected chi connectivity index (χ1v) is 11.2. The first-order valence-electron chi connectivity index (χ1n) is 10.8. The third-order valence-electron chi connectivity index (χ3n) is 5.57. The van der Waals surface area contributed by atoms with Crippen LogP contribution in [-0.4, -0.2) is 48.0 Å². The smallest absolute Gasteiger partial charge is 0.317 e. The van der Waals surface area contributed by atoms with E-state index in [1.807, 2.05) is 60.4 Å². The molecule has 0 atom stereocenters. The maximum atomic E-state index is 12.5. The van der Waals surface area contributed by atoms with Crippen LogP contribution in [0.25, 0.3) is 0 Å². The maximum absolute atomic E-state index is 12.5. The number of anilines is 2. The lowest BCUT2D eigenvalue weighted by molar-refractivity contribution is 0.102. The number of piperazine rings is 1. The van der Waals surface area contributed by atoms with E-state index >= 15 is 0 Å². The Morgan fingerprint density at radius 1 is 0.939 bits per heavy atom. The van der Waals surface area contributed by atoms with E-state index in [4.69, 9.17) is 11.6 Å². The first kappa shape index (κ1) is 22.6. The van der Waals surface area contributed by atoms with Gasteiger partial charge in [0.2, 0.25) is 0 Å². The van der Waals surface area contributed by atoms with Crippen molar-refractivity contribution in [3.05, 3.63) is 88.6 Å². The first-order chi connectivity index (χ1) is 16.0. The zero-order valence-electron chi connectivity index (χ0n) is 18.4. The molecule has 2 N–H and O–H groups in total. The largest absolute Gasteiger partial charge is 0.353 e. The molecule has 8 heteroatoms. The van der Waals surface area contributed by atoms with E-state index in [0.717, 1.165) is 16.9 Å². The number of carbonyl (C=O) groups excluding carboxylic acids is 2. The molecule has 4 rings (SSSR count). The number of rotatable bonds is 5. The summed E-state index contributed by atoms with van der Waals surface area (Å²) in [5.41, 5.74) is 3.36. The Morgan fingerprint density at radius 3 is 2.27 bits per heavy atom. The van der Waals surface area contributed by atoms with Crippen molar-refractivity contribution in [2.45, 2.75) is 13.5 Å². The minimum absolute atomic E-state index is 0.0771. The van der Waals surface area contributed by atoms with E-state index < -0.39 is 0 Å². The van der Waals surface area contributed by atoms with Gasteiger partial charge >= 0.3 is 6.03 Å². The van der Waals surface area contributed by atoms with Gasteiger partial charge in [0.15, 0.2) is 0 Å². The molecule has 33 heavy (non-hydrogen) atoms. The Balaban J connectivity index is 1.25. The van der Waals surface area contributed by atoms with Crippen LogP contribution >= 0.6 is 11.6 Å². The Labute approximate surface area is 198 Å². The van der Waals surface area contributed by atoms with Crippen LogP contribution < -0.4 is 15.5 Å². The average Bonchev–Trinajstić information content (AvgIpc) is 2.84. The molecule has 0 radical (unpaired) electrons. The number of benzene rings is 2. The lowest BCUT2D eigenvalue weighted by Crippen LogP contribution is -2.51. The van der Waals surface area contributed by atoms with Crippen molar-refractivity contribution >= 4 is 35.0 Å². The van der Waals surface area contributed by atoms with Gasteiger partial charge in [0.1, 0.15) is 5.82 Å². The standard InChI is InChI=1S/C25H26ClN5O2/c1-18-2-6-20(7-3-18)24(32)29-22-10-11-23(27-17-22)30-12-14-31(15-13-30)25(33)28-16-19-4-8-21(26)9-5-19/h2-11,17H,12-16H2,1H3,(H,28,33)(H,29,32). The maximum Gasteiger partial charge on any atom is 0.317 e. The van der Waals surface area contributed by atoms with Crippen LogP contribution in [0.3, 0.4) is 0 Å². The zero-order valence-corrected chi connectivity index (χ0v) is 19.2. The van der Waals surface area contributed by atoms with Gasteiger partial charge in [-0.3, -0.25) is 4.79 Å². The number of halogens is 1. The summed E-state index contributed by atoms with van der Waals surface area (Å²) in [4.78, 5) is 33.3. The molecule has 2 heterocycles. The molecule has 2 aromatic carbocycles. The second-order valence-corrected chi connectivity index (χ2v) is 8.42. The molecule has 3 aromatic rings. The minimum atomic E-state index is -0.164. The van der Waals surface area contributed by atoms with Crippen LogP contribution in [0, 0.1) is 6.92 Å². The molecule has 1 saturated heterocycles. The number of aryl methyl sites for hydroxylation is 1. The molecule has 170 valence electrons. The molecule has 0 saturated carbocycles. The van der Waals surface area contributed by atoms with Crippen LogP contribution in [0.15, 0.2) is 66.9 Å². The summed E-state index contributed by atoms with van der Waals surface area (Å²) >= 11 is 5.90. The number of carbonyl (C=O) groups is 2. The van der Waals surface area contributed by atoms with E-state index in [-0.39, 0.29) is 11.9 Å². The number of amides is 3. The molecule has 1 aliphatic heterocycles. The third kappa shape index (κ3) is 6.02. The van der Waals surface area contributed by atoms with Crippen molar-refractivity contribution in [1.82, 2.24) is 15.2 Å². The van der Waals surface area contributed by atoms with Gasteiger partial charge < -0.3 is 20.4 Å². The fourth-order valence-corrected chi connectivity index (χ4v) is 3.71. The van der Waals surface area contributed by atoms with Crippen molar-refractivity contribution in [3.8, 4) is 0 Å². The van der Waals surface area contributed by atoms with Gasteiger partial charge in [0.25, 0.3) is 5.91 Å². The molecule has 7 nitrogen and oxygen atoms in total. The molecule has 0 aliphatic carbocycles. The SMILES string of the molecule is Cc1ccc(C(=O)Nc2ccc(N3CCN(C(=O)NCc4ccc(Cl)cc4)CC3)nc2)cc1. The summed E-state index contributed by atoms with van der Waals surface area (Å²) in [5, 5.41) is 6.50. The van der Waals surface area contributed by atoms with Crippen molar-refractivity contribution in [1.29, 1.82) is 0 Å². The highest BCUT2D eigenvalue weighted by Crippen LogP contribution is 2.17. The van der Waals surface area contributed by atoms with Crippen LogP contribution in [0.4, 0.5) is 16.3 Å². The predicted molar refractivity (Wildman–Crippen MR) is 131 cm³/mol. The van der Waals surface area contributed by atoms with Crippen LogP contribution in [0.1, 0.15) is 21.5 Å². The highest BCUT2D eigenvalue weighted by Gasteiger charge is 2.21. The van der Waals surface area contributed by atoms with Gasteiger partial charge in [0, 0.05) is 43.3 Å². The zero-order chi connectivity index (χ0) is 23.2. The average molecular weight is 464 g/mol. The van der Waals surface area contributed by atoms with E-state index in [1.165, 1.54) is 0 Å². The number of urea groups is 1. The quantitative estimate of drug-likeness (QED) is 0.590. The molecule has 0 unspecified atom stereocenters. The van der Waals surface area contributed by atoms with E-state index in [0.29, 0.717) is 49.0 Å². The Hall–Kier alpha value is -3.58. The molecule has 1 fully saturated rings. The minimum Gasteiger partial charge on any atom is -0.353 e. The van der Waals surface area contributed by atoms with E-state index in [1.54, 1.807) is 18.3 Å². The van der Waals surface area contributed by atoms with Crippen molar-refractivity contribution < 1.29 is 9.59 Å². The second kappa shape index (κ2) is 10.4. The third-order valence-corrected chi connectivity index (χ3v) is 5.82. The molecule has 1 aliphatic rings. The molecular formula is C25H26ClN5O2. The second-order valence-electron chi connectivity index (χ2n) is 7.98. The number of nitrogens with one attached hydrogen (secondary N) is 2. The fraction of sp³-hybridized carbons (Fsp3) is 0.240. The lowest BCUT2D eigenvalue weighted by Gasteiger charge is -2.35. The highest BCUT2D eigenvalue weighted by molar-refractivity contribution is 6.30. The van der Waals surface area contributed by atoms with E-state index in [9.17, 15) is 9.59 Å². The Kier molecular flexibility index (Phi) is 7.10. The lowest BCUT2D eigenvalue weighted by atomic mass is 10.1. The van der Waals surface area contributed by atoms with Crippen LogP contribution in [0.2, 0.25) is 5.02 Å². The summed E-state index contributed by atoms with van der Waals surface area (Å²) in [7, 11) is 0. The summed E-state index contributed by atoms with van der Waals surface area (Å²) in [6.07, 6.45) is 1.66. The molecular weight excluding hydrogens is 438 g/mol. The van der Waals surface area contributed by atoms with Gasteiger partial charge in [-0.15, -0.1) is 0 Å². The van der Waals surface area contributed by atoms with Gasteiger partial charge in [-0.2, -0.15) is 0 Å².